The molecule has 0 saturated carbocycles. The molecule has 1 rings (SSSR count). The summed E-state index contributed by atoms with van der Waals surface area (Å²) in [6.45, 7) is 6.72. The Labute approximate surface area is 133 Å². The van der Waals surface area contributed by atoms with Crippen LogP contribution < -0.4 is 10.6 Å². The van der Waals surface area contributed by atoms with Crippen molar-refractivity contribution in [2.45, 2.75) is 52.5 Å². The average Bonchev–Trinajstić information content (AvgIpc) is 2.55. The Hall–Kier alpha value is -1.84. The van der Waals surface area contributed by atoms with Gasteiger partial charge in [0.15, 0.2) is 0 Å². The topological polar surface area (TPSA) is 58.2 Å². The summed E-state index contributed by atoms with van der Waals surface area (Å²) in [5.41, 5.74) is 0.984. The van der Waals surface area contributed by atoms with E-state index in [0.29, 0.717) is 12.5 Å². The Morgan fingerprint density at radius 2 is 1.77 bits per heavy atom. The minimum absolute atomic E-state index is 0.179. The summed E-state index contributed by atoms with van der Waals surface area (Å²) in [6.07, 6.45) is 4.42. The number of carbonyl (C=O) groups is 2. The van der Waals surface area contributed by atoms with Crippen molar-refractivity contribution in [3.8, 4) is 0 Å². The number of hydrogen-bond acceptors (Lipinski definition) is 2. The molecule has 0 heterocycles. The molecule has 2 atom stereocenters. The van der Waals surface area contributed by atoms with Gasteiger partial charge in [-0.15, -0.1) is 0 Å². The van der Waals surface area contributed by atoms with Crippen LogP contribution in [0.25, 0.3) is 0 Å². The lowest BCUT2D eigenvalue weighted by Crippen LogP contribution is -2.42. The van der Waals surface area contributed by atoms with Gasteiger partial charge in [0.25, 0.3) is 0 Å². The third kappa shape index (κ3) is 6.29. The number of amides is 2. The van der Waals surface area contributed by atoms with E-state index in [4.69, 9.17) is 0 Å². The molecular formula is C18H28N2O2. The van der Waals surface area contributed by atoms with E-state index >= 15 is 0 Å². The second-order valence-electron chi connectivity index (χ2n) is 5.73. The van der Waals surface area contributed by atoms with E-state index in [9.17, 15) is 9.59 Å². The van der Waals surface area contributed by atoms with Crippen molar-refractivity contribution in [2.24, 2.45) is 5.92 Å². The predicted molar refractivity (Wildman–Crippen MR) is 89.3 cm³/mol. The van der Waals surface area contributed by atoms with Crippen LogP contribution in [0.4, 0.5) is 0 Å². The van der Waals surface area contributed by atoms with Gasteiger partial charge in [0.1, 0.15) is 0 Å². The van der Waals surface area contributed by atoms with Crippen molar-refractivity contribution in [1.29, 1.82) is 0 Å². The number of benzene rings is 1. The third-order valence-corrected chi connectivity index (χ3v) is 3.95. The lowest BCUT2D eigenvalue weighted by Gasteiger charge is -2.17. The molecule has 0 unspecified atom stereocenters. The molecule has 1 aromatic carbocycles. The zero-order valence-corrected chi connectivity index (χ0v) is 13.9. The molecule has 2 N–H and O–H groups in total. The molecule has 1 aromatic rings. The summed E-state index contributed by atoms with van der Waals surface area (Å²) in [4.78, 5) is 23.8. The van der Waals surface area contributed by atoms with E-state index in [2.05, 4.69) is 24.5 Å². The van der Waals surface area contributed by atoms with Crippen LogP contribution >= 0.6 is 0 Å². The van der Waals surface area contributed by atoms with Crippen LogP contribution in [0.2, 0.25) is 0 Å². The molecule has 4 nitrogen and oxygen atoms in total. The normalized spacial score (nSPS) is 13.2. The number of nitrogens with one attached hydrogen (secondary N) is 2. The second-order valence-corrected chi connectivity index (χ2v) is 5.73. The van der Waals surface area contributed by atoms with Crippen LogP contribution in [0.5, 0.6) is 0 Å². The maximum Gasteiger partial charge on any atom is 0.309 e. The van der Waals surface area contributed by atoms with Gasteiger partial charge in [-0.05, 0) is 24.8 Å². The van der Waals surface area contributed by atoms with Gasteiger partial charge in [0.05, 0.1) is 6.04 Å². The van der Waals surface area contributed by atoms with Gasteiger partial charge >= 0.3 is 11.8 Å². The maximum absolute atomic E-state index is 11.9. The first-order chi connectivity index (χ1) is 10.6. The summed E-state index contributed by atoms with van der Waals surface area (Å²) in [5.74, 6) is -0.664. The number of carbonyl (C=O) groups excluding carboxylic acids is 2. The molecule has 0 spiro atoms. The lowest BCUT2D eigenvalue weighted by atomic mass is 9.99. The van der Waals surface area contributed by atoms with Gasteiger partial charge < -0.3 is 10.6 Å². The highest BCUT2D eigenvalue weighted by Crippen LogP contribution is 2.12. The molecule has 0 aromatic heterocycles. The fraction of sp³-hybridized carbons (Fsp3) is 0.556. The fourth-order valence-electron chi connectivity index (χ4n) is 2.35. The lowest BCUT2D eigenvalue weighted by molar-refractivity contribution is -0.139. The first-order valence-corrected chi connectivity index (χ1v) is 8.22. The van der Waals surface area contributed by atoms with Crippen molar-refractivity contribution in [1.82, 2.24) is 10.6 Å². The van der Waals surface area contributed by atoms with Gasteiger partial charge in [-0.2, -0.15) is 0 Å². The van der Waals surface area contributed by atoms with Gasteiger partial charge in [0.2, 0.25) is 0 Å². The standard InChI is InChI=1S/C18H28N2O2/c1-4-6-10-15(5-2)13-19-17(21)18(22)20-14(3)16-11-8-7-9-12-16/h7-9,11-12,14-15H,4-6,10,13H2,1-3H3,(H,19,21)(H,20,22)/t14-,15+/m1/s1. The molecule has 0 bridgehead atoms. The van der Waals surface area contributed by atoms with Crippen LogP contribution in [0.15, 0.2) is 30.3 Å². The van der Waals surface area contributed by atoms with Crippen molar-refractivity contribution < 1.29 is 9.59 Å². The maximum atomic E-state index is 11.9. The van der Waals surface area contributed by atoms with Crippen molar-refractivity contribution >= 4 is 11.8 Å². The van der Waals surface area contributed by atoms with Crippen molar-refractivity contribution in [3.63, 3.8) is 0 Å². The zero-order chi connectivity index (χ0) is 16.4. The molecule has 0 aliphatic carbocycles. The third-order valence-electron chi connectivity index (χ3n) is 3.95. The van der Waals surface area contributed by atoms with Crippen LogP contribution in [-0.2, 0) is 9.59 Å². The average molecular weight is 304 g/mol. The summed E-state index contributed by atoms with van der Waals surface area (Å²) >= 11 is 0. The van der Waals surface area contributed by atoms with E-state index in [1.165, 1.54) is 0 Å². The number of rotatable bonds is 8. The van der Waals surface area contributed by atoms with Gasteiger partial charge in [0, 0.05) is 6.54 Å². The summed E-state index contributed by atoms with van der Waals surface area (Å²) in [6, 6.07) is 9.43. The van der Waals surface area contributed by atoms with Crippen LogP contribution in [-0.4, -0.2) is 18.4 Å². The Morgan fingerprint density at radius 1 is 1.09 bits per heavy atom. The molecule has 0 saturated heterocycles. The molecule has 4 heteroatoms. The first-order valence-electron chi connectivity index (χ1n) is 8.22. The summed E-state index contributed by atoms with van der Waals surface area (Å²) < 4.78 is 0. The Kier molecular flexibility index (Phi) is 8.26. The minimum Gasteiger partial charge on any atom is -0.348 e. The molecule has 0 radical (unpaired) electrons. The first kappa shape index (κ1) is 18.2. The monoisotopic (exact) mass is 304 g/mol. The molecule has 0 fully saturated rings. The Morgan fingerprint density at radius 3 is 2.36 bits per heavy atom. The summed E-state index contributed by atoms with van der Waals surface area (Å²) in [7, 11) is 0. The van der Waals surface area contributed by atoms with E-state index in [1.54, 1.807) is 0 Å². The van der Waals surface area contributed by atoms with E-state index in [1.807, 2.05) is 37.3 Å². The molecule has 0 aliphatic heterocycles. The van der Waals surface area contributed by atoms with E-state index in [0.717, 1.165) is 31.2 Å². The summed E-state index contributed by atoms with van der Waals surface area (Å²) in [5, 5.41) is 5.48. The smallest absolute Gasteiger partial charge is 0.309 e. The quantitative estimate of drug-likeness (QED) is 0.725. The molecule has 2 amide bonds. The van der Waals surface area contributed by atoms with Gasteiger partial charge in [-0.1, -0.05) is 63.4 Å². The second kappa shape index (κ2) is 9.98. The molecule has 122 valence electrons. The fourth-order valence-corrected chi connectivity index (χ4v) is 2.35. The van der Waals surface area contributed by atoms with Crippen molar-refractivity contribution in [2.75, 3.05) is 6.54 Å². The molecule has 0 aliphatic rings. The van der Waals surface area contributed by atoms with Crippen molar-refractivity contribution in [3.05, 3.63) is 35.9 Å². The molecular weight excluding hydrogens is 276 g/mol. The van der Waals surface area contributed by atoms with E-state index in [-0.39, 0.29) is 6.04 Å². The number of hydrogen-bond donors (Lipinski definition) is 2. The van der Waals surface area contributed by atoms with Gasteiger partial charge in [-0.3, -0.25) is 9.59 Å². The Balaban J connectivity index is 2.40. The highest BCUT2D eigenvalue weighted by molar-refractivity contribution is 6.35. The van der Waals surface area contributed by atoms with Gasteiger partial charge in [-0.25, -0.2) is 0 Å². The van der Waals surface area contributed by atoms with Crippen LogP contribution in [0, 0.1) is 5.92 Å². The minimum atomic E-state index is -0.568. The zero-order valence-electron chi connectivity index (χ0n) is 13.9. The number of unbranched alkanes of at least 4 members (excludes halogenated alkanes) is 1. The highest BCUT2D eigenvalue weighted by atomic mass is 16.2. The van der Waals surface area contributed by atoms with Crippen LogP contribution in [0.3, 0.4) is 0 Å². The Bertz CT molecular complexity index is 459. The van der Waals surface area contributed by atoms with Crippen LogP contribution in [0.1, 0.15) is 58.1 Å². The highest BCUT2D eigenvalue weighted by Gasteiger charge is 2.17. The predicted octanol–water partition coefficient (Wildman–Crippen LogP) is 3.20. The van der Waals surface area contributed by atoms with E-state index < -0.39 is 11.8 Å². The molecule has 22 heavy (non-hydrogen) atoms. The largest absolute Gasteiger partial charge is 0.348 e. The SMILES string of the molecule is CCCC[C@H](CC)CNC(=O)C(=O)N[C@H](C)c1ccccc1.